The maximum absolute atomic E-state index is 10.9. The topological polar surface area (TPSA) is 46.2 Å². The predicted octanol–water partition coefficient (Wildman–Crippen LogP) is 0.724. The van der Waals surface area contributed by atoms with Crippen LogP contribution in [0.3, 0.4) is 0 Å². The lowest BCUT2D eigenvalue weighted by molar-refractivity contribution is 0.557. The minimum Gasteiger partial charge on any atom is -0.212 e. The van der Waals surface area contributed by atoms with E-state index >= 15 is 0 Å². The molecule has 62 valence electrons. The second kappa shape index (κ2) is 3.93. The van der Waals surface area contributed by atoms with Gasteiger partial charge in [0.1, 0.15) is 0 Å². The number of hydrogen-bond donors (Lipinski definition) is 1. The molecule has 0 aliphatic heterocycles. The van der Waals surface area contributed by atoms with E-state index in [-0.39, 0.29) is 11.8 Å². The van der Waals surface area contributed by atoms with E-state index < -0.39 is 10.0 Å². The largest absolute Gasteiger partial charge is 0.212 e. The van der Waals surface area contributed by atoms with Gasteiger partial charge in [-0.25, -0.2) is 13.1 Å². The third-order valence-electron chi connectivity index (χ3n) is 1.37. The normalized spacial score (nSPS) is 15.1. The summed E-state index contributed by atoms with van der Waals surface area (Å²) >= 11 is 0. The van der Waals surface area contributed by atoms with Crippen LogP contribution in [0, 0.1) is 0 Å². The summed E-state index contributed by atoms with van der Waals surface area (Å²) in [6.07, 6.45) is 0.833. The van der Waals surface area contributed by atoms with E-state index in [2.05, 4.69) is 4.72 Å². The Hall–Kier alpha value is -0.0900. The first kappa shape index (κ1) is 9.91. The van der Waals surface area contributed by atoms with Crippen LogP contribution >= 0.6 is 0 Å². The highest BCUT2D eigenvalue weighted by atomic mass is 32.2. The van der Waals surface area contributed by atoms with Crippen molar-refractivity contribution in [1.82, 2.24) is 4.72 Å². The van der Waals surface area contributed by atoms with Gasteiger partial charge in [0.15, 0.2) is 0 Å². The van der Waals surface area contributed by atoms with Crippen LogP contribution < -0.4 is 4.72 Å². The van der Waals surface area contributed by atoms with Crippen LogP contribution in [0.5, 0.6) is 0 Å². The van der Waals surface area contributed by atoms with Gasteiger partial charge < -0.3 is 0 Å². The highest BCUT2D eigenvalue weighted by Gasteiger charge is 2.08. The molecule has 1 atom stereocenters. The molecule has 0 fully saturated rings. The van der Waals surface area contributed by atoms with Gasteiger partial charge in [-0.05, 0) is 20.3 Å². The maximum Gasteiger partial charge on any atom is 0.211 e. The fraction of sp³-hybridized carbons (Fsp3) is 1.00. The van der Waals surface area contributed by atoms with Crippen LogP contribution in [-0.4, -0.2) is 20.2 Å². The second-order valence-corrected chi connectivity index (χ2v) is 4.37. The molecule has 0 spiro atoms. The van der Waals surface area contributed by atoms with Crippen LogP contribution in [-0.2, 0) is 10.0 Å². The molecule has 1 N–H and O–H groups in total. The Morgan fingerprint density at radius 1 is 1.40 bits per heavy atom. The molecule has 0 bridgehead atoms. The average molecular weight is 165 g/mol. The fourth-order valence-electron chi connectivity index (χ4n) is 0.473. The lowest BCUT2D eigenvalue weighted by atomic mass is 10.3. The first-order chi connectivity index (χ1) is 4.52. The Kier molecular flexibility index (Phi) is 3.89. The van der Waals surface area contributed by atoms with E-state index in [4.69, 9.17) is 0 Å². The smallest absolute Gasteiger partial charge is 0.211 e. The van der Waals surface area contributed by atoms with Gasteiger partial charge in [-0.3, -0.25) is 0 Å². The van der Waals surface area contributed by atoms with Gasteiger partial charge in [0.2, 0.25) is 10.0 Å². The highest BCUT2D eigenvalue weighted by molar-refractivity contribution is 7.89. The Bertz CT molecular complexity index is 174. The second-order valence-electron chi connectivity index (χ2n) is 2.33. The van der Waals surface area contributed by atoms with Crippen molar-refractivity contribution >= 4 is 10.0 Å². The van der Waals surface area contributed by atoms with Gasteiger partial charge in [-0.15, -0.1) is 0 Å². The third kappa shape index (κ3) is 3.85. The summed E-state index contributed by atoms with van der Waals surface area (Å²) in [4.78, 5) is 0. The zero-order chi connectivity index (χ0) is 8.20. The Morgan fingerprint density at radius 3 is 2.20 bits per heavy atom. The molecular formula is C6H15NO2S. The number of nitrogens with one attached hydrogen (secondary N) is 1. The Morgan fingerprint density at radius 2 is 1.90 bits per heavy atom. The van der Waals surface area contributed by atoms with E-state index in [1.807, 2.05) is 13.8 Å². The lowest BCUT2D eigenvalue weighted by Crippen LogP contribution is -2.33. The standard InChI is InChI=1S/C6H15NO2S/c1-4-6(3)7-10(8,9)5-2/h6-7H,4-5H2,1-3H3/t6-/m1/s1. The van der Waals surface area contributed by atoms with Crippen molar-refractivity contribution in [2.45, 2.75) is 33.2 Å². The van der Waals surface area contributed by atoms with Crippen molar-refractivity contribution in [3.63, 3.8) is 0 Å². The van der Waals surface area contributed by atoms with Gasteiger partial charge >= 0.3 is 0 Å². The molecule has 0 radical (unpaired) electrons. The minimum absolute atomic E-state index is 0.0601. The van der Waals surface area contributed by atoms with Crippen molar-refractivity contribution in [3.8, 4) is 0 Å². The molecule has 0 aromatic heterocycles. The molecule has 0 amide bonds. The predicted molar refractivity (Wildman–Crippen MR) is 42.3 cm³/mol. The van der Waals surface area contributed by atoms with Crippen LogP contribution in [0.15, 0.2) is 0 Å². The SMILES string of the molecule is CC[C@@H](C)NS(=O)(=O)CC. The van der Waals surface area contributed by atoms with Gasteiger partial charge in [-0.1, -0.05) is 6.92 Å². The summed E-state index contributed by atoms with van der Waals surface area (Å²) in [6.45, 7) is 5.43. The quantitative estimate of drug-likeness (QED) is 0.667. The van der Waals surface area contributed by atoms with Crippen molar-refractivity contribution < 1.29 is 8.42 Å². The molecule has 10 heavy (non-hydrogen) atoms. The number of sulfonamides is 1. The summed E-state index contributed by atoms with van der Waals surface area (Å²) in [5.74, 6) is 0.164. The molecule has 0 rings (SSSR count). The summed E-state index contributed by atoms with van der Waals surface area (Å²) in [5.41, 5.74) is 0. The molecule has 4 heteroatoms. The van der Waals surface area contributed by atoms with E-state index in [9.17, 15) is 8.42 Å². The van der Waals surface area contributed by atoms with Gasteiger partial charge in [0, 0.05) is 6.04 Å². The molecule has 0 aromatic rings. The van der Waals surface area contributed by atoms with Crippen LogP contribution in [0.2, 0.25) is 0 Å². The number of hydrogen-bond acceptors (Lipinski definition) is 2. The first-order valence-corrected chi connectivity index (χ1v) is 5.17. The summed E-state index contributed by atoms with van der Waals surface area (Å²) in [6, 6.07) is 0.0601. The van der Waals surface area contributed by atoms with Crippen LogP contribution in [0.4, 0.5) is 0 Å². The van der Waals surface area contributed by atoms with E-state index in [0.29, 0.717) is 0 Å². The molecular weight excluding hydrogens is 150 g/mol. The van der Waals surface area contributed by atoms with Crippen molar-refractivity contribution in [2.75, 3.05) is 5.75 Å². The highest BCUT2D eigenvalue weighted by Crippen LogP contribution is 1.92. The minimum atomic E-state index is -2.98. The molecule has 0 unspecified atom stereocenters. The Labute approximate surface area is 62.9 Å². The summed E-state index contributed by atoms with van der Waals surface area (Å²) < 4.78 is 24.2. The molecule has 0 saturated carbocycles. The van der Waals surface area contributed by atoms with Crippen LogP contribution in [0.1, 0.15) is 27.2 Å². The zero-order valence-corrected chi connectivity index (χ0v) is 7.53. The molecule has 0 saturated heterocycles. The third-order valence-corrected chi connectivity index (χ3v) is 2.89. The fourth-order valence-corrected chi connectivity index (χ4v) is 1.42. The van der Waals surface area contributed by atoms with Gasteiger partial charge in [0.05, 0.1) is 5.75 Å². The van der Waals surface area contributed by atoms with Crippen molar-refractivity contribution in [2.24, 2.45) is 0 Å². The first-order valence-electron chi connectivity index (χ1n) is 3.51. The molecule has 0 aromatic carbocycles. The maximum atomic E-state index is 10.9. The summed E-state index contributed by atoms with van der Waals surface area (Å²) in [7, 11) is -2.98. The van der Waals surface area contributed by atoms with E-state index in [1.54, 1.807) is 6.92 Å². The summed E-state index contributed by atoms with van der Waals surface area (Å²) in [5, 5.41) is 0. The lowest BCUT2D eigenvalue weighted by Gasteiger charge is -2.09. The number of rotatable bonds is 4. The van der Waals surface area contributed by atoms with Crippen molar-refractivity contribution in [1.29, 1.82) is 0 Å². The van der Waals surface area contributed by atoms with Crippen molar-refractivity contribution in [3.05, 3.63) is 0 Å². The molecule has 0 heterocycles. The molecule has 0 aliphatic rings. The monoisotopic (exact) mass is 165 g/mol. The Balaban J connectivity index is 3.90. The molecule has 0 aliphatic carbocycles. The van der Waals surface area contributed by atoms with E-state index in [1.165, 1.54) is 0 Å². The average Bonchev–Trinajstić information content (AvgIpc) is 1.87. The van der Waals surface area contributed by atoms with Gasteiger partial charge in [-0.2, -0.15) is 0 Å². The molecule has 3 nitrogen and oxygen atoms in total. The van der Waals surface area contributed by atoms with Crippen LogP contribution in [0.25, 0.3) is 0 Å². The zero-order valence-electron chi connectivity index (χ0n) is 6.72. The van der Waals surface area contributed by atoms with E-state index in [0.717, 1.165) is 6.42 Å². The van der Waals surface area contributed by atoms with Gasteiger partial charge in [0.25, 0.3) is 0 Å².